The topological polar surface area (TPSA) is 119 Å². The highest BCUT2D eigenvalue weighted by Gasteiger charge is 2.40. The Morgan fingerprint density at radius 1 is 0.913 bits per heavy atom. The lowest BCUT2D eigenvalue weighted by Gasteiger charge is -2.47. The number of rotatable bonds is 5. The number of carbonyl (C=O) groups is 3. The molecule has 6 rings (SSSR count). The maximum Gasteiger partial charge on any atom is 0.410 e. The van der Waals surface area contributed by atoms with Crippen molar-refractivity contribution in [1.29, 1.82) is 0 Å². The Balaban J connectivity index is 0.994. The SMILES string of the molecule is CC(C)(C)OC(=O)N1CC(N2CCC(C(=O)N3CCN(C(=O)c4cc(Cc5n[nH]c(=O)c6ccccc56)ccc4F)CC3)CC2)C1. The van der Waals surface area contributed by atoms with Gasteiger partial charge in [0.25, 0.3) is 11.5 Å². The molecule has 1 N–H and O–H groups in total. The van der Waals surface area contributed by atoms with Crippen molar-refractivity contribution in [2.75, 3.05) is 52.4 Å². The summed E-state index contributed by atoms with van der Waals surface area (Å²) in [6, 6.07) is 11.9. The highest BCUT2D eigenvalue weighted by Crippen LogP contribution is 2.27. The van der Waals surface area contributed by atoms with Crippen LogP contribution in [-0.2, 0) is 16.0 Å². The van der Waals surface area contributed by atoms with E-state index < -0.39 is 17.3 Å². The van der Waals surface area contributed by atoms with Crippen molar-refractivity contribution in [1.82, 2.24) is 29.8 Å². The van der Waals surface area contributed by atoms with E-state index in [-0.39, 0.29) is 29.0 Å². The van der Waals surface area contributed by atoms with E-state index in [9.17, 15) is 23.6 Å². The van der Waals surface area contributed by atoms with Gasteiger partial charge in [0.15, 0.2) is 0 Å². The predicted octanol–water partition coefficient (Wildman–Crippen LogP) is 3.27. The summed E-state index contributed by atoms with van der Waals surface area (Å²) in [6.07, 6.45) is 1.57. The van der Waals surface area contributed by atoms with Crippen LogP contribution in [0.15, 0.2) is 47.3 Å². The van der Waals surface area contributed by atoms with E-state index in [1.54, 1.807) is 34.1 Å². The van der Waals surface area contributed by atoms with Crippen LogP contribution in [0.2, 0.25) is 0 Å². The first-order chi connectivity index (χ1) is 22.0. The molecular weight excluding hydrogens is 591 g/mol. The van der Waals surface area contributed by atoms with E-state index in [1.807, 2.05) is 37.8 Å². The van der Waals surface area contributed by atoms with Gasteiger partial charge in [-0.15, -0.1) is 0 Å². The number of hydrogen-bond acceptors (Lipinski definition) is 7. The summed E-state index contributed by atoms with van der Waals surface area (Å²) >= 11 is 0. The lowest BCUT2D eigenvalue weighted by atomic mass is 9.92. The number of fused-ring (bicyclic) bond motifs is 1. The molecule has 244 valence electrons. The highest BCUT2D eigenvalue weighted by atomic mass is 19.1. The number of likely N-dealkylation sites (tertiary alicyclic amines) is 2. The maximum absolute atomic E-state index is 14.9. The van der Waals surface area contributed by atoms with Crippen molar-refractivity contribution < 1.29 is 23.5 Å². The molecule has 3 fully saturated rings. The van der Waals surface area contributed by atoms with Gasteiger partial charge in [0.1, 0.15) is 11.4 Å². The average molecular weight is 633 g/mol. The van der Waals surface area contributed by atoms with E-state index in [4.69, 9.17) is 4.74 Å². The Kier molecular flexibility index (Phi) is 8.82. The highest BCUT2D eigenvalue weighted by molar-refractivity contribution is 5.95. The third-order valence-electron chi connectivity index (χ3n) is 9.20. The number of carbonyl (C=O) groups excluding carboxylic acids is 3. The van der Waals surface area contributed by atoms with Gasteiger partial charge in [-0.3, -0.25) is 19.3 Å². The minimum absolute atomic E-state index is 0.0143. The van der Waals surface area contributed by atoms with E-state index >= 15 is 0 Å². The number of nitrogens with zero attached hydrogens (tertiary/aromatic N) is 5. The van der Waals surface area contributed by atoms with Crippen LogP contribution in [0.3, 0.4) is 0 Å². The summed E-state index contributed by atoms with van der Waals surface area (Å²) < 4.78 is 20.4. The molecule has 0 atom stereocenters. The molecule has 0 unspecified atom stereocenters. The molecule has 0 saturated carbocycles. The molecule has 3 amide bonds. The second-order valence-corrected chi connectivity index (χ2v) is 13.5. The summed E-state index contributed by atoms with van der Waals surface area (Å²) in [7, 11) is 0. The number of aromatic nitrogens is 2. The second kappa shape index (κ2) is 12.8. The third kappa shape index (κ3) is 6.76. The van der Waals surface area contributed by atoms with Crippen molar-refractivity contribution in [2.45, 2.75) is 51.7 Å². The molecule has 0 bridgehead atoms. The number of aromatic amines is 1. The van der Waals surface area contributed by atoms with Gasteiger partial charge in [-0.2, -0.15) is 5.10 Å². The van der Waals surface area contributed by atoms with Gasteiger partial charge in [0.2, 0.25) is 5.91 Å². The third-order valence-corrected chi connectivity index (χ3v) is 9.20. The summed E-state index contributed by atoms with van der Waals surface area (Å²) in [4.78, 5) is 58.7. The summed E-state index contributed by atoms with van der Waals surface area (Å²) in [6.45, 7) is 9.98. The van der Waals surface area contributed by atoms with Gasteiger partial charge in [-0.05, 0) is 70.5 Å². The van der Waals surface area contributed by atoms with E-state index in [0.29, 0.717) is 73.8 Å². The smallest absolute Gasteiger partial charge is 0.410 e. The molecule has 0 aliphatic carbocycles. The lowest BCUT2D eigenvalue weighted by molar-refractivity contribution is -0.139. The fourth-order valence-corrected chi connectivity index (χ4v) is 6.58. The lowest BCUT2D eigenvalue weighted by Crippen LogP contribution is -2.63. The van der Waals surface area contributed by atoms with Gasteiger partial charge in [-0.1, -0.05) is 24.3 Å². The number of piperidine rings is 1. The van der Waals surface area contributed by atoms with Crippen LogP contribution >= 0.6 is 0 Å². The van der Waals surface area contributed by atoms with E-state index in [2.05, 4.69) is 15.1 Å². The van der Waals surface area contributed by atoms with Crippen molar-refractivity contribution in [3.05, 3.63) is 75.5 Å². The Bertz CT molecular complexity index is 1680. The molecule has 3 aliphatic heterocycles. The number of benzene rings is 2. The van der Waals surface area contributed by atoms with Crippen molar-refractivity contribution in [2.24, 2.45) is 5.92 Å². The Morgan fingerprint density at radius 3 is 2.24 bits per heavy atom. The Morgan fingerprint density at radius 2 is 1.57 bits per heavy atom. The second-order valence-electron chi connectivity index (χ2n) is 13.5. The molecule has 12 heteroatoms. The largest absolute Gasteiger partial charge is 0.444 e. The number of amides is 3. The minimum atomic E-state index is -0.598. The number of H-pyrrole nitrogens is 1. The minimum Gasteiger partial charge on any atom is -0.444 e. The standard InChI is InChI=1S/C34H41FN6O5/c1-34(2,3)46-33(45)41-20-24(21-41)38-12-10-23(11-13-38)31(43)39-14-16-40(17-15-39)32(44)27-18-22(8-9-28(27)35)19-29-25-6-4-5-7-26(25)30(42)37-36-29/h4-9,18,23-24H,10-17,19-21H2,1-3H3,(H,37,42). The fourth-order valence-electron chi connectivity index (χ4n) is 6.58. The number of halogens is 1. The zero-order chi connectivity index (χ0) is 32.6. The van der Waals surface area contributed by atoms with Crippen LogP contribution in [0.5, 0.6) is 0 Å². The summed E-state index contributed by atoms with van der Waals surface area (Å²) in [5.41, 5.74) is 0.531. The molecular formula is C34H41FN6O5. The predicted molar refractivity (Wildman–Crippen MR) is 170 cm³/mol. The van der Waals surface area contributed by atoms with Gasteiger partial charge < -0.3 is 19.4 Å². The molecule has 2 aromatic carbocycles. The number of hydrogen-bond donors (Lipinski definition) is 1. The number of piperazine rings is 1. The molecule has 3 aliphatic rings. The monoisotopic (exact) mass is 632 g/mol. The van der Waals surface area contributed by atoms with Crippen LogP contribution in [-0.4, -0.2) is 112 Å². The van der Waals surface area contributed by atoms with Crippen molar-refractivity contribution in [3.63, 3.8) is 0 Å². The molecule has 0 radical (unpaired) electrons. The normalized spacial score (nSPS) is 18.5. The summed E-state index contributed by atoms with van der Waals surface area (Å²) in [5.74, 6) is -0.948. The van der Waals surface area contributed by atoms with Crippen LogP contribution in [0.4, 0.5) is 9.18 Å². The number of nitrogens with one attached hydrogen (secondary N) is 1. The van der Waals surface area contributed by atoms with Gasteiger partial charge >= 0.3 is 6.09 Å². The van der Waals surface area contributed by atoms with Crippen LogP contribution < -0.4 is 5.56 Å². The molecule has 3 aromatic rings. The van der Waals surface area contributed by atoms with Crippen LogP contribution in [0.1, 0.15) is 55.2 Å². The molecule has 1 aromatic heterocycles. The Hall–Kier alpha value is -4.32. The first-order valence-corrected chi connectivity index (χ1v) is 16.0. The fraction of sp³-hybridized carbons (Fsp3) is 0.500. The molecule has 11 nitrogen and oxygen atoms in total. The maximum atomic E-state index is 14.9. The van der Waals surface area contributed by atoms with Gasteiger partial charge in [-0.25, -0.2) is 14.3 Å². The van der Waals surface area contributed by atoms with Crippen LogP contribution in [0, 0.1) is 11.7 Å². The number of ether oxygens (including phenoxy) is 1. The molecule has 46 heavy (non-hydrogen) atoms. The van der Waals surface area contributed by atoms with E-state index in [0.717, 1.165) is 25.9 Å². The molecule has 3 saturated heterocycles. The molecule has 0 spiro atoms. The van der Waals surface area contributed by atoms with Crippen molar-refractivity contribution >= 4 is 28.7 Å². The zero-order valence-electron chi connectivity index (χ0n) is 26.6. The molecule has 4 heterocycles. The van der Waals surface area contributed by atoms with Crippen LogP contribution in [0.25, 0.3) is 10.8 Å². The quantitative estimate of drug-likeness (QED) is 0.459. The summed E-state index contributed by atoms with van der Waals surface area (Å²) in [5, 5.41) is 7.96. The first kappa shape index (κ1) is 31.7. The van der Waals surface area contributed by atoms with Gasteiger partial charge in [0, 0.05) is 63.0 Å². The average Bonchev–Trinajstić information content (AvgIpc) is 3.01. The van der Waals surface area contributed by atoms with Crippen molar-refractivity contribution in [3.8, 4) is 0 Å². The Labute approximate surface area is 267 Å². The zero-order valence-corrected chi connectivity index (χ0v) is 26.6. The van der Waals surface area contributed by atoms with Gasteiger partial charge in [0.05, 0.1) is 16.6 Å². The first-order valence-electron chi connectivity index (χ1n) is 16.0. The van der Waals surface area contributed by atoms with E-state index in [1.165, 1.54) is 6.07 Å².